The van der Waals surface area contributed by atoms with Crippen molar-refractivity contribution in [2.75, 3.05) is 0 Å². The van der Waals surface area contributed by atoms with Gasteiger partial charge in [-0.05, 0) is 0 Å². The van der Waals surface area contributed by atoms with Gasteiger partial charge in [-0.25, -0.2) is 15.0 Å². The van der Waals surface area contributed by atoms with Gasteiger partial charge in [0.05, 0.1) is 12.5 Å². The third-order valence-corrected chi connectivity index (χ3v) is 1.62. The Balaban J connectivity index is 2.93. The maximum absolute atomic E-state index is 4.04. The van der Waals surface area contributed by atoms with Crippen LogP contribution in [0.1, 0.15) is 0 Å². The number of fused-ring (bicyclic) bond motifs is 1. The molecule has 0 saturated heterocycles. The van der Waals surface area contributed by atoms with Crippen LogP contribution in [0, 0.1) is 0 Å². The minimum atomic E-state index is 0.817. The smallest absolute Gasteiger partial charge is 0.322 e. The van der Waals surface area contributed by atoms with E-state index in [1.54, 1.807) is 16.1 Å². The molecule has 2 rings (SSSR count). The molecule has 5 heteroatoms. The molecule has 2 aromatic heterocycles. The summed E-state index contributed by atoms with van der Waals surface area (Å²) in [5.41, 5.74) is 1.65. The highest BCUT2D eigenvalue weighted by molar-refractivity contribution is 6.10. The summed E-state index contributed by atoms with van der Waals surface area (Å²) in [6.07, 6.45) is 4.87. The SMILES string of the molecule is [Al][n]1cnc2cncnc21. The normalized spacial score (nSPS) is 10.4. The summed E-state index contributed by atoms with van der Waals surface area (Å²) in [4.78, 5) is 11.9. The Bertz CT molecular complexity index is 355. The number of imidazole rings is 1. The molecule has 0 aliphatic heterocycles. The first kappa shape index (κ1) is 5.84. The zero-order valence-corrected chi connectivity index (χ0v) is 6.25. The largest absolute Gasteiger partial charge is 0.428 e. The molecule has 0 fully saturated rings. The quantitative estimate of drug-likeness (QED) is 0.481. The first-order valence-corrected chi connectivity index (χ1v) is 3.28. The minimum absolute atomic E-state index is 0.817. The second-order valence-electron chi connectivity index (χ2n) is 1.88. The van der Waals surface area contributed by atoms with Crippen molar-refractivity contribution in [3.05, 3.63) is 18.9 Å². The van der Waals surface area contributed by atoms with Gasteiger partial charge >= 0.3 is 16.5 Å². The number of nitrogens with zero attached hydrogens (tertiary/aromatic N) is 4. The summed E-state index contributed by atoms with van der Waals surface area (Å²) in [6.45, 7) is 0. The van der Waals surface area contributed by atoms with Crippen LogP contribution in [0.25, 0.3) is 11.2 Å². The highest BCUT2D eigenvalue weighted by Gasteiger charge is 1.95. The van der Waals surface area contributed by atoms with Crippen LogP contribution in [-0.4, -0.2) is 35.0 Å². The molecule has 2 aromatic rings. The second-order valence-corrected chi connectivity index (χ2v) is 2.44. The van der Waals surface area contributed by atoms with Crippen molar-refractivity contribution in [1.82, 2.24) is 18.5 Å². The third-order valence-electron chi connectivity index (χ3n) is 1.24. The molecule has 2 radical (unpaired) electrons. The van der Waals surface area contributed by atoms with Crippen molar-refractivity contribution in [2.45, 2.75) is 0 Å². The van der Waals surface area contributed by atoms with Gasteiger partial charge < -0.3 is 3.55 Å². The van der Waals surface area contributed by atoms with Gasteiger partial charge in [0, 0.05) is 0 Å². The lowest BCUT2D eigenvalue weighted by molar-refractivity contribution is 1.17. The lowest BCUT2D eigenvalue weighted by Crippen LogP contribution is -1.89. The molecule has 4 nitrogen and oxygen atoms in total. The maximum Gasteiger partial charge on any atom is 0.322 e. The van der Waals surface area contributed by atoms with Crippen molar-refractivity contribution < 1.29 is 0 Å². The fourth-order valence-corrected chi connectivity index (χ4v) is 1.05. The fraction of sp³-hybridized carbons (Fsp3) is 0. The molecule has 0 atom stereocenters. The van der Waals surface area contributed by atoms with Crippen LogP contribution in [-0.2, 0) is 0 Å². The van der Waals surface area contributed by atoms with E-state index in [0.29, 0.717) is 0 Å². The van der Waals surface area contributed by atoms with Crippen LogP contribution in [0.3, 0.4) is 0 Å². The highest BCUT2D eigenvalue weighted by Crippen LogP contribution is 2.02. The molecule has 10 heavy (non-hydrogen) atoms. The van der Waals surface area contributed by atoms with Crippen molar-refractivity contribution in [2.24, 2.45) is 0 Å². The summed E-state index contributed by atoms with van der Waals surface area (Å²) in [7, 11) is 0. The Labute approximate surface area is 65.6 Å². The number of hydrogen-bond acceptors (Lipinski definition) is 3. The molecule has 46 valence electrons. The molecule has 0 unspecified atom stereocenters. The van der Waals surface area contributed by atoms with E-state index in [0.717, 1.165) is 11.2 Å². The Kier molecular flexibility index (Phi) is 1.19. The van der Waals surface area contributed by atoms with Crippen molar-refractivity contribution >= 4 is 27.7 Å². The topological polar surface area (TPSA) is 43.6 Å². The standard InChI is InChI=1S/C5H3N4.Al/c1-4-5(8-2-6-1)9-3-7-4;/h1-3H;/q-1;+1. The van der Waals surface area contributed by atoms with Crippen LogP contribution in [0.2, 0.25) is 0 Å². The maximum atomic E-state index is 4.04. The molecule has 0 saturated carbocycles. The molecule has 0 aliphatic rings. The zero-order valence-electron chi connectivity index (χ0n) is 5.10. The summed E-state index contributed by atoms with van der Waals surface area (Å²) in [6, 6.07) is 0. The second kappa shape index (κ2) is 2.04. The molecule has 2 heterocycles. The average molecular weight is 146 g/mol. The van der Waals surface area contributed by atoms with Gasteiger partial charge in [0.1, 0.15) is 17.5 Å². The van der Waals surface area contributed by atoms with Gasteiger partial charge in [-0.15, -0.1) is 0 Å². The lowest BCUT2D eigenvalue weighted by Gasteiger charge is -1.90. The van der Waals surface area contributed by atoms with Crippen molar-refractivity contribution in [3.63, 3.8) is 0 Å². The molecule has 0 amide bonds. The van der Waals surface area contributed by atoms with Crippen molar-refractivity contribution in [3.8, 4) is 0 Å². The van der Waals surface area contributed by atoms with E-state index in [1.807, 2.05) is 0 Å². The Morgan fingerprint density at radius 1 is 1.40 bits per heavy atom. The lowest BCUT2D eigenvalue weighted by atomic mass is 10.6. The first-order valence-electron chi connectivity index (χ1n) is 2.76. The average Bonchev–Trinajstić information content (AvgIpc) is 2.34. The van der Waals surface area contributed by atoms with Crippen LogP contribution in [0.4, 0.5) is 0 Å². The van der Waals surface area contributed by atoms with Gasteiger partial charge in [-0.3, -0.25) is 0 Å². The molecular weight excluding hydrogens is 143 g/mol. The van der Waals surface area contributed by atoms with Crippen molar-refractivity contribution in [1.29, 1.82) is 0 Å². The van der Waals surface area contributed by atoms with Crippen LogP contribution in [0.5, 0.6) is 0 Å². The molecular formula is C5H3AlN4. The van der Waals surface area contributed by atoms with E-state index in [1.165, 1.54) is 6.33 Å². The van der Waals surface area contributed by atoms with E-state index >= 15 is 0 Å². The van der Waals surface area contributed by atoms with E-state index in [9.17, 15) is 0 Å². The van der Waals surface area contributed by atoms with Gasteiger partial charge in [-0.2, -0.15) is 0 Å². The molecule has 0 bridgehead atoms. The molecule has 0 aromatic carbocycles. The van der Waals surface area contributed by atoms with E-state index in [4.69, 9.17) is 0 Å². The molecule has 0 aliphatic carbocycles. The highest BCUT2D eigenvalue weighted by atomic mass is 27.1. The van der Waals surface area contributed by atoms with Gasteiger partial charge in [0.25, 0.3) is 0 Å². The van der Waals surface area contributed by atoms with Crippen LogP contribution in [0.15, 0.2) is 18.9 Å². The predicted molar refractivity (Wildman–Crippen MR) is 36.5 cm³/mol. The van der Waals surface area contributed by atoms with E-state index < -0.39 is 0 Å². The summed E-state index contributed by atoms with van der Waals surface area (Å²) >= 11 is 2.49. The Morgan fingerprint density at radius 3 is 3.10 bits per heavy atom. The number of rotatable bonds is 0. The fourth-order valence-electron chi connectivity index (χ4n) is 0.785. The Morgan fingerprint density at radius 2 is 2.30 bits per heavy atom. The minimum Gasteiger partial charge on any atom is -0.428 e. The van der Waals surface area contributed by atoms with Gasteiger partial charge in [0.2, 0.25) is 0 Å². The van der Waals surface area contributed by atoms with E-state index in [-0.39, 0.29) is 0 Å². The van der Waals surface area contributed by atoms with Gasteiger partial charge in [0.15, 0.2) is 0 Å². The summed E-state index contributed by atoms with van der Waals surface area (Å²) in [5, 5.41) is 0. The zero-order chi connectivity index (χ0) is 6.97. The molecule has 0 spiro atoms. The predicted octanol–water partition coefficient (Wildman–Crippen LogP) is -0.242. The first-order chi connectivity index (χ1) is 4.88. The van der Waals surface area contributed by atoms with Gasteiger partial charge in [-0.1, -0.05) is 0 Å². The number of aromatic nitrogens is 4. The van der Waals surface area contributed by atoms with E-state index in [2.05, 4.69) is 31.5 Å². The summed E-state index contributed by atoms with van der Waals surface area (Å²) in [5.74, 6) is 0. The van der Waals surface area contributed by atoms with Crippen LogP contribution >= 0.6 is 0 Å². The Hall–Kier alpha value is -0.918. The van der Waals surface area contributed by atoms with Crippen LogP contribution < -0.4 is 0 Å². The molecule has 0 N–H and O–H groups in total. The number of hydrogen-bond donors (Lipinski definition) is 0. The monoisotopic (exact) mass is 146 g/mol. The third kappa shape index (κ3) is 0.720. The summed E-state index contributed by atoms with van der Waals surface area (Å²) < 4.78 is 1.77.